The number of rotatable bonds is 9. The minimum absolute atomic E-state index is 0.122. The zero-order valence-corrected chi connectivity index (χ0v) is 12.9. The molecule has 0 spiro atoms. The third kappa shape index (κ3) is 6.60. The van der Waals surface area contributed by atoms with Gasteiger partial charge in [-0.3, -0.25) is 4.79 Å². The van der Waals surface area contributed by atoms with Crippen molar-refractivity contribution in [3.8, 4) is 5.75 Å². The topological polar surface area (TPSA) is 38.3 Å². The van der Waals surface area contributed by atoms with E-state index < -0.39 is 0 Å². The van der Waals surface area contributed by atoms with Gasteiger partial charge in [0.1, 0.15) is 5.75 Å². The standard InChI is InChI=1S/C17H27NO2/c1-4-5-12-18-17(19)7-6-13-20-16-10-8-15(9-11-16)14(2)3/h8-11,14H,4-7,12-13H2,1-3H3,(H,18,19). The first-order valence-corrected chi connectivity index (χ1v) is 7.63. The molecule has 0 saturated heterocycles. The Morgan fingerprint density at radius 3 is 2.50 bits per heavy atom. The fourth-order valence-electron chi connectivity index (χ4n) is 1.86. The lowest BCUT2D eigenvalue weighted by Crippen LogP contribution is -2.24. The molecule has 0 saturated carbocycles. The van der Waals surface area contributed by atoms with E-state index in [2.05, 4.69) is 38.2 Å². The van der Waals surface area contributed by atoms with Crippen molar-refractivity contribution in [2.24, 2.45) is 0 Å². The summed E-state index contributed by atoms with van der Waals surface area (Å²) in [6.07, 6.45) is 3.44. The normalized spacial score (nSPS) is 10.6. The van der Waals surface area contributed by atoms with Gasteiger partial charge in [0.15, 0.2) is 0 Å². The second kappa shape index (κ2) is 9.40. The monoisotopic (exact) mass is 277 g/mol. The zero-order chi connectivity index (χ0) is 14.8. The van der Waals surface area contributed by atoms with Crippen molar-refractivity contribution in [3.05, 3.63) is 29.8 Å². The highest BCUT2D eigenvalue weighted by Crippen LogP contribution is 2.18. The van der Waals surface area contributed by atoms with E-state index >= 15 is 0 Å². The van der Waals surface area contributed by atoms with Crippen molar-refractivity contribution in [1.29, 1.82) is 0 Å². The summed E-state index contributed by atoms with van der Waals surface area (Å²) in [6.45, 7) is 7.83. The third-order valence-corrected chi connectivity index (χ3v) is 3.22. The quantitative estimate of drug-likeness (QED) is 0.695. The average Bonchev–Trinajstić information content (AvgIpc) is 2.44. The van der Waals surface area contributed by atoms with E-state index in [0.29, 0.717) is 18.9 Å². The van der Waals surface area contributed by atoms with Crippen LogP contribution in [-0.2, 0) is 4.79 Å². The lowest BCUT2D eigenvalue weighted by molar-refractivity contribution is -0.121. The molecule has 0 bridgehead atoms. The highest BCUT2D eigenvalue weighted by Gasteiger charge is 2.02. The lowest BCUT2D eigenvalue weighted by atomic mass is 10.0. The second-order valence-electron chi connectivity index (χ2n) is 5.38. The summed E-state index contributed by atoms with van der Waals surface area (Å²) >= 11 is 0. The summed E-state index contributed by atoms with van der Waals surface area (Å²) in [5, 5.41) is 2.91. The van der Waals surface area contributed by atoms with E-state index in [1.807, 2.05) is 12.1 Å². The molecule has 1 amide bonds. The molecule has 0 radical (unpaired) electrons. The lowest BCUT2D eigenvalue weighted by Gasteiger charge is -2.09. The fourth-order valence-corrected chi connectivity index (χ4v) is 1.86. The molecular formula is C17H27NO2. The molecule has 3 nitrogen and oxygen atoms in total. The summed E-state index contributed by atoms with van der Waals surface area (Å²) < 4.78 is 5.64. The van der Waals surface area contributed by atoms with Gasteiger partial charge in [0.2, 0.25) is 5.91 Å². The number of hydrogen-bond acceptors (Lipinski definition) is 2. The maximum absolute atomic E-state index is 11.5. The number of unbranched alkanes of at least 4 members (excludes halogenated alkanes) is 1. The maximum Gasteiger partial charge on any atom is 0.220 e. The van der Waals surface area contributed by atoms with Gasteiger partial charge in [0, 0.05) is 13.0 Å². The van der Waals surface area contributed by atoms with Gasteiger partial charge in [-0.15, -0.1) is 0 Å². The molecule has 1 rings (SSSR count). The summed E-state index contributed by atoms with van der Waals surface area (Å²) in [6, 6.07) is 8.18. The number of amides is 1. The number of carbonyl (C=O) groups is 1. The summed E-state index contributed by atoms with van der Waals surface area (Å²) in [7, 11) is 0. The first-order valence-electron chi connectivity index (χ1n) is 7.63. The van der Waals surface area contributed by atoms with Crippen molar-refractivity contribution in [2.45, 2.75) is 52.4 Å². The molecule has 1 N–H and O–H groups in total. The maximum atomic E-state index is 11.5. The van der Waals surface area contributed by atoms with E-state index in [1.165, 1.54) is 5.56 Å². The highest BCUT2D eigenvalue weighted by atomic mass is 16.5. The van der Waals surface area contributed by atoms with E-state index in [9.17, 15) is 4.79 Å². The molecule has 0 aliphatic carbocycles. The molecule has 0 aromatic heterocycles. The molecule has 112 valence electrons. The Labute approximate surface area is 122 Å². The van der Waals surface area contributed by atoms with Crippen LogP contribution in [0.4, 0.5) is 0 Å². The van der Waals surface area contributed by atoms with Gasteiger partial charge in [-0.25, -0.2) is 0 Å². The third-order valence-electron chi connectivity index (χ3n) is 3.22. The van der Waals surface area contributed by atoms with E-state index in [1.54, 1.807) is 0 Å². The minimum Gasteiger partial charge on any atom is -0.494 e. The number of carbonyl (C=O) groups excluding carboxylic acids is 1. The van der Waals surface area contributed by atoms with Crippen LogP contribution < -0.4 is 10.1 Å². The number of hydrogen-bond donors (Lipinski definition) is 1. The molecule has 1 aromatic carbocycles. The molecular weight excluding hydrogens is 250 g/mol. The Kier molecular flexibility index (Phi) is 7.78. The highest BCUT2D eigenvalue weighted by molar-refractivity contribution is 5.75. The van der Waals surface area contributed by atoms with Gasteiger partial charge in [0.05, 0.1) is 6.61 Å². The molecule has 0 fully saturated rings. The van der Waals surface area contributed by atoms with Crippen molar-refractivity contribution in [2.75, 3.05) is 13.2 Å². The molecule has 20 heavy (non-hydrogen) atoms. The molecule has 3 heteroatoms. The zero-order valence-electron chi connectivity index (χ0n) is 12.9. The Morgan fingerprint density at radius 1 is 1.20 bits per heavy atom. The van der Waals surface area contributed by atoms with Crippen molar-refractivity contribution >= 4 is 5.91 Å². The Balaban J connectivity index is 2.16. The van der Waals surface area contributed by atoms with Crippen LogP contribution in [0, 0.1) is 0 Å². The van der Waals surface area contributed by atoms with Crippen LogP contribution in [0.2, 0.25) is 0 Å². The first kappa shape index (κ1) is 16.5. The minimum atomic E-state index is 0.122. The van der Waals surface area contributed by atoms with Crippen LogP contribution in [0.3, 0.4) is 0 Å². The number of nitrogens with one attached hydrogen (secondary N) is 1. The van der Waals surface area contributed by atoms with Crippen LogP contribution >= 0.6 is 0 Å². The molecule has 0 unspecified atom stereocenters. The SMILES string of the molecule is CCCCNC(=O)CCCOc1ccc(C(C)C)cc1. The van der Waals surface area contributed by atoms with Gasteiger partial charge in [-0.1, -0.05) is 39.3 Å². The summed E-state index contributed by atoms with van der Waals surface area (Å²) in [5.74, 6) is 1.54. The predicted octanol–water partition coefficient (Wildman–Crippen LogP) is 3.89. The average molecular weight is 277 g/mol. The molecule has 0 aliphatic heterocycles. The predicted molar refractivity (Wildman–Crippen MR) is 83.2 cm³/mol. The number of ether oxygens (including phenoxy) is 1. The van der Waals surface area contributed by atoms with Crippen LogP contribution in [0.25, 0.3) is 0 Å². The smallest absolute Gasteiger partial charge is 0.220 e. The molecule has 1 aromatic rings. The van der Waals surface area contributed by atoms with E-state index in [-0.39, 0.29) is 5.91 Å². The van der Waals surface area contributed by atoms with Crippen LogP contribution in [0.1, 0.15) is 57.9 Å². The van der Waals surface area contributed by atoms with Gasteiger partial charge in [-0.05, 0) is 36.5 Å². The van der Waals surface area contributed by atoms with Crippen molar-refractivity contribution < 1.29 is 9.53 Å². The Morgan fingerprint density at radius 2 is 1.90 bits per heavy atom. The fraction of sp³-hybridized carbons (Fsp3) is 0.588. The number of benzene rings is 1. The van der Waals surface area contributed by atoms with Gasteiger partial charge in [0.25, 0.3) is 0 Å². The molecule has 0 heterocycles. The van der Waals surface area contributed by atoms with Crippen LogP contribution in [0.5, 0.6) is 5.75 Å². The van der Waals surface area contributed by atoms with Gasteiger partial charge < -0.3 is 10.1 Å². The Bertz CT molecular complexity index is 384. The van der Waals surface area contributed by atoms with E-state index in [4.69, 9.17) is 4.74 Å². The van der Waals surface area contributed by atoms with Crippen molar-refractivity contribution in [1.82, 2.24) is 5.32 Å². The second-order valence-corrected chi connectivity index (χ2v) is 5.38. The first-order chi connectivity index (χ1) is 9.63. The van der Waals surface area contributed by atoms with Crippen LogP contribution in [0.15, 0.2) is 24.3 Å². The Hall–Kier alpha value is -1.51. The van der Waals surface area contributed by atoms with E-state index in [0.717, 1.165) is 31.6 Å². The van der Waals surface area contributed by atoms with Gasteiger partial charge in [-0.2, -0.15) is 0 Å². The molecule has 0 aliphatic rings. The summed E-state index contributed by atoms with van der Waals surface area (Å²) in [4.78, 5) is 11.5. The molecule has 0 atom stereocenters. The van der Waals surface area contributed by atoms with Crippen molar-refractivity contribution in [3.63, 3.8) is 0 Å². The largest absolute Gasteiger partial charge is 0.494 e. The van der Waals surface area contributed by atoms with Crippen LogP contribution in [-0.4, -0.2) is 19.1 Å². The summed E-state index contributed by atoms with van der Waals surface area (Å²) in [5.41, 5.74) is 1.31. The van der Waals surface area contributed by atoms with Gasteiger partial charge >= 0.3 is 0 Å².